The van der Waals surface area contributed by atoms with Crippen LogP contribution >= 0.6 is 0 Å². The first kappa shape index (κ1) is 16.7. The molecule has 0 heterocycles. The Balaban J connectivity index is 4.71. The van der Waals surface area contributed by atoms with Crippen LogP contribution in [0.15, 0.2) is 0 Å². The number of ether oxygens (including phenoxy) is 2. The minimum Gasteiger partial charge on any atom is -0.480 e. The largest absolute Gasteiger partial charge is 0.480 e. The van der Waals surface area contributed by atoms with Crippen LogP contribution in [-0.4, -0.2) is 67.3 Å². The van der Waals surface area contributed by atoms with Crippen molar-refractivity contribution in [1.29, 1.82) is 0 Å². The molecule has 0 saturated carbocycles. The molecule has 9 nitrogen and oxygen atoms in total. The van der Waals surface area contributed by atoms with Gasteiger partial charge in [0.25, 0.3) is 0 Å². The maximum Gasteiger partial charge on any atom is 0.325 e. The highest BCUT2D eigenvalue weighted by Gasteiger charge is 2.23. The van der Waals surface area contributed by atoms with Gasteiger partial charge in [-0.05, 0) is 6.92 Å². The number of rotatable bonds is 6. The van der Waals surface area contributed by atoms with Crippen LogP contribution in [-0.2, 0) is 23.9 Å². The Kier molecular flexibility index (Phi) is 6.94. The molecule has 108 valence electrons. The van der Waals surface area contributed by atoms with Crippen molar-refractivity contribution in [1.82, 2.24) is 10.2 Å². The zero-order valence-corrected chi connectivity index (χ0v) is 10.8. The molecule has 0 saturated heterocycles. The predicted octanol–water partition coefficient (Wildman–Crippen LogP) is -1.18. The highest BCUT2D eigenvalue weighted by molar-refractivity contribution is 5.87. The van der Waals surface area contributed by atoms with Gasteiger partial charge in [0.2, 0.25) is 0 Å². The molecule has 2 amide bonds. The number of nitrogens with zero attached hydrogens (tertiary/aromatic N) is 1. The fourth-order valence-electron chi connectivity index (χ4n) is 0.979. The van der Waals surface area contributed by atoms with Gasteiger partial charge in [0.05, 0.1) is 14.2 Å². The molecular weight excluding hydrogens is 260 g/mol. The molecule has 0 aliphatic heterocycles. The maximum absolute atomic E-state index is 11.7. The number of urea groups is 1. The van der Waals surface area contributed by atoms with E-state index in [1.165, 1.54) is 6.92 Å². The lowest BCUT2D eigenvalue weighted by molar-refractivity contribution is -0.144. The van der Waals surface area contributed by atoms with E-state index in [1.54, 1.807) is 0 Å². The lowest BCUT2D eigenvalue weighted by Gasteiger charge is -2.21. The summed E-state index contributed by atoms with van der Waals surface area (Å²) in [5, 5.41) is 10.8. The number of carbonyl (C=O) groups is 4. The second kappa shape index (κ2) is 7.90. The number of esters is 2. The first-order valence-electron chi connectivity index (χ1n) is 5.23. The van der Waals surface area contributed by atoms with E-state index in [2.05, 4.69) is 14.8 Å². The lowest BCUT2D eigenvalue weighted by atomic mass is 10.3. The summed E-state index contributed by atoms with van der Waals surface area (Å²) in [5.41, 5.74) is 0. The van der Waals surface area contributed by atoms with E-state index < -0.39 is 43.1 Å². The van der Waals surface area contributed by atoms with Crippen LogP contribution in [0.2, 0.25) is 0 Å². The number of methoxy groups -OCH3 is 2. The van der Waals surface area contributed by atoms with Gasteiger partial charge in [-0.3, -0.25) is 14.4 Å². The number of nitrogens with one attached hydrogen (secondary N) is 1. The Hall–Kier alpha value is -2.32. The minimum absolute atomic E-state index is 0.496. The number of carboxylic acids is 1. The van der Waals surface area contributed by atoms with E-state index in [-0.39, 0.29) is 0 Å². The summed E-state index contributed by atoms with van der Waals surface area (Å²) in [6.45, 7) is 0.252. The van der Waals surface area contributed by atoms with E-state index >= 15 is 0 Å². The third-order valence-corrected chi connectivity index (χ3v) is 2.09. The monoisotopic (exact) mass is 276 g/mol. The van der Waals surface area contributed by atoms with E-state index in [9.17, 15) is 19.2 Å². The smallest absolute Gasteiger partial charge is 0.325 e. The molecule has 0 radical (unpaired) electrons. The molecule has 1 unspecified atom stereocenters. The van der Waals surface area contributed by atoms with Crippen LogP contribution in [0.3, 0.4) is 0 Å². The van der Waals surface area contributed by atoms with Gasteiger partial charge in [-0.25, -0.2) is 4.79 Å². The summed E-state index contributed by atoms with van der Waals surface area (Å²) in [5.74, 6) is -2.74. The SMILES string of the molecule is COC(=O)CN(CC(=O)OC)C(=O)NC(C)C(=O)O. The van der Waals surface area contributed by atoms with Gasteiger partial charge in [-0.1, -0.05) is 0 Å². The molecule has 0 aromatic carbocycles. The van der Waals surface area contributed by atoms with Crippen LogP contribution in [0.4, 0.5) is 4.79 Å². The van der Waals surface area contributed by atoms with Crippen molar-refractivity contribution in [2.24, 2.45) is 0 Å². The second-order valence-corrected chi connectivity index (χ2v) is 3.52. The van der Waals surface area contributed by atoms with Crippen molar-refractivity contribution in [3.05, 3.63) is 0 Å². The van der Waals surface area contributed by atoms with Gasteiger partial charge in [0.1, 0.15) is 19.1 Å². The third kappa shape index (κ3) is 6.24. The van der Waals surface area contributed by atoms with Gasteiger partial charge in [-0.2, -0.15) is 0 Å². The van der Waals surface area contributed by atoms with Gasteiger partial charge in [-0.15, -0.1) is 0 Å². The quantitative estimate of drug-likeness (QED) is 0.585. The van der Waals surface area contributed by atoms with Crippen LogP contribution in [0.1, 0.15) is 6.92 Å². The summed E-state index contributed by atoms with van der Waals surface area (Å²) in [7, 11) is 2.24. The molecule has 0 aliphatic rings. The van der Waals surface area contributed by atoms with Crippen LogP contribution in [0, 0.1) is 0 Å². The first-order chi connectivity index (χ1) is 8.81. The average Bonchev–Trinajstić information content (AvgIpc) is 2.36. The third-order valence-electron chi connectivity index (χ3n) is 2.09. The van der Waals surface area contributed by atoms with Crippen molar-refractivity contribution in [2.75, 3.05) is 27.3 Å². The highest BCUT2D eigenvalue weighted by Crippen LogP contribution is 1.95. The zero-order chi connectivity index (χ0) is 15.0. The topological polar surface area (TPSA) is 122 Å². The number of hydrogen-bond acceptors (Lipinski definition) is 6. The predicted molar refractivity (Wildman–Crippen MR) is 61.2 cm³/mol. The normalized spacial score (nSPS) is 11.1. The van der Waals surface area contributed by atoms with Gasteiger partial charge in [0.15, 0.2) is 0 Å². The molecule has 0 aromatic heterocycles. The number of carbonyl (C=O) groups excluding carboxylic acids is 3. The van der Waals surface area contributed by atoms with Crippen molar-refractivity contribution in [2.45, 2.75) is 13.0 Å². The molecule has 0 rings (SSSR count). The summed E-state index contributed by atoms with van der Waals surface area (Å²) < 4.78 is 8.74. The van der Waals surface area contributed by atoms with E-state index in [0.717, 1.165) is 19.1 Å². The minimum atomic E-state index is -1.25. The Labute approximate surface area is 109 Å². The van der Waals surface area contributed by atoms with Crippen molar-refractivity contribution in [3.8, 4) is 0 Å². The fraction of sp³-hybridized carbons (Fsp3) is 0.600. The van der Waals surface area contributed by atoms with E-state index in [4.69, 9.17) is 5.11 Å². The summed E-state index contributed by atoms with van der Waals surface area (Å²) in [4.78, 5) is 45.3. The van der Waals surface area contributed by atoms with Gasteiger partial charge in [0, 0.05) is 0 Å². The average molecular weight is 276 g/mol. The van der Waals surface area contributed by atoms with E-state index in [1.807, 2.05) is 0 Å². The molecule has 9 heteroatoms. The van der Waals surface area contributed by atoms with Crippen molar-refractivity contribution < 1.29 is 33.8 Å². The summed E-state index contributed by atoms with van der Waals surface area (Å²) in [6, 6.07) is -2.05. The standard InChI is InChI=1S/C10H16N2O7/c1-6(9(15)16)11-10(17)12(4-7(13)18-2)5-8(14)19-3/h6H,4-5H2,1-3H3,(H,11,17)(H,15,16). The molecule has 1 atom stereocenters. The number of aliphatic carboxylic acids is 1. The fourth-order valence-corrected chi connectivity index (χ4v) is 0.979. The molecule has 0 bridgehead atoms. The maximum atomic E-state index is 11.7. The molecule has 0 spiro atoms. The first-order valence-corrected chi connectivity index (χ1v) is 5.23. The molecule has 0 aliphatic carbocycles. The van der Waals surface area contributed by atoms with Crippen LogP contribution < -0.4 is 5.32 Å². The Morgan fingerprint density at radius 2 is 1.53 bits per heavy atom. The number of hydrogen-bond donors (Lipinski definition) is 2. The molecular formula is C10H16N2O7. The van der Waals surface area contributed by atoms with E-state index in [0.29, 0.717) is 0 Å². The highest BCUT2D eigenvalue weighted by atomic mass is 16.5. The second-order valence-electron chi connectivity index (χ2n) is 3.52. The Bertz CT molecular complexity index is 351. The van der Waals surface area contributed by atoms with Gasteiger partial charge < -0.3 is 24.8 Å². The van der Waals surface area contributed by atoms with Crippen LogP contribution in [0.5, 0.6) is 0 Å². The molecule has 0 aromatic rings. The number of carboxylic acid groups (broad SMARTS) is 1. The number of amides is 2. The summed E-state index contributed by atoms with van der Waals surface area (Å²) in [6.07, 6.45) is 0. The lowest BCUT2D eigenvalue weighted by Crippen LogP contribution is -2.50. The molecule has 19 heavy (non-hydrogen) atoms. The molecule has 0 fully saturated rings. The summed E-state index contributed by atoms with van der Waals surface area (Å²) >= 11 is 0. The zero-order valence-electron chi connectivity index (χ0n) is 10.8. The van der Waals surface area contributed by atoms with Crippen molar-refractivity contribution >= 4 is 23.9 Å². The Morgan fingerprint density at radius 1 is 1.11 bits per heavy atom. The molecule has 2 N–H and O–H groups in total. The van der Waals surface area contributed by atoms with Crippen molar-refractivity contribution in [3.63, 3.8) is 0 Å². The Morgan fingerprint density at radius 3 is 1.84 bits per heavy atom. The van der Waals surface area contributed by atoms with Gasteiger partial charge >= 0.3 is 23.9 Å². The van der Waals surface area contributed by atoms with Crippen LogP contribution in [0.25, 0.3) is 0 Å².